The lowest BCUT2D eigenvalue weighted by molar-refractivity contribution is -0.136. The number of hydrogen-bond donors (Lipinski definition) is 0. The highest BCUT2D eigenvalue weighted by Crippen LogP contribution is 2.27. The summed E-state index contributed by atoms with van der Waals surface area (Å²) in [6, 6.07) is 5.96. The zero-order valence-electron chi connectivity index (χ0n) is 17.5. The lowest BCUT2D eigenvalue weighted by atomic mass is 10.1. The standard InChI is InChI=1S/C22H30FN3O3/c1-22(2,3)26-15-17(14-20(26)28)21(29)25-10-4-9-24(11-12-25)19(27)13-16-5-7-18(23)8-6-16/h5-8,17H,4,9-15H2,1-3H3. The maximum Gasteiger partial charge on any atom is 0.228 e. The van der Waals surface area contributed by atoms with Crippen LogP contribution in [-0.4, -0.2) is 70.7 Å². The molecule has 2 aliphatic heterocycles. The van der Waals surface area contributed by atoms with E-state index in [2.05, 4.69) is 0 Å². The van der Waals surface area contributed by atoms with Gasteiger partial charge in [0.1, 0.15) is 5.82 Å². The number of halogens is 1. The monoisotopic (exact) mass is 403 g/mol. The van der Waals surface area contributed by atoms with Gasteiger partial charge >= 0.3 is 0 Å². The number of carbonyl (C=O) groups is 3. The minimum atomic E-state index is -0.319. The van der Waals surface area contributed by atoms with Crippen molar-refractivity contribution in [2.75, 3.05) is 32.7 Å². The molecule has 2 aliphatic rings. The first-order valence-electron chi connectivity index (χ1n) is 10.3. The first-order valence-corrected chi connectivity index (χ1v) is 10.3. The molecule has 1 aromatic rings. The van der Waals surface area contributed by atoms with Crippen LogP contribution in [0.3, 0.4) is 0 Å². The molecule has 3 amide bonds. The van der Waals surface area contributed by atoms with Crippen molar-refractivity contribution < 1.29 is 18.8 Å². The molecule has 1 unspecified atom stereocenters. The summed E-state index contributed by atoms with van der Waals surface area (Å²) in [4.78, 5) is 43.3. The molecule has 3 rings (SSSR count). The van der Waals surface area contributed by atoms with Crippen molar-refractivity contribution in [3.63, 3.8) is 0 Å². The van der Waals surface area contributed by atoms with Crippen molar-refractivity contribution in [2.45, 2.75) is 45.6 Å². The van der Waals surface area contributed by atoms with Crippen LogP contribution in [0.4, 0.5) is 4.39 Å². The summed E-state index contributed by atoms with van der Waals surface area (Å²) < 4.78 is 13.0. The third kappa shape index (κ3) is 5.14. The van der Waals surface area contributed by atoms with Crippen molar-refractivity contribution in [3.8, 4) is 0 Å². The van der Waals surface area contributed by atoms with E-state index < -0.39 is 0 Å². The van der Waals surface area contributed by atoms with Crippen LogP contribution >= 0.6 is 0 Å². The molecule has 0 radical (unpaired) electrons. The first kappa shape index (κ1) is 21.3. The molecule has 2 heterocycles. The molecule has 158 valence electrons. The fourth-order valence-corrected chi connectivity index (χ4v) is 4.06. The Bertz CT molecular complexity index is 773. The van der Waals surface area contributed by atoms with E-state index in [1.54, 1.807) is 26.8 Å². The number of carbonyl (C=O) groups excluding carboxylic acids is 3. The van der Waals surface area contributed by atoms with Gasteiger partial charge in [-0.25, -0.2) is 4.39 Å². The van der Waals surface area contributed by atoms with Crippen molar-refractivity contribution in [3.05, 3.63) is 35.6 Å². The molecule has 0 aliphatic carbocycles. The van der Waals surface area contributed by atoms with Crippen LogP contribution in [0.2, 0.25) is 0 Å². The van der Waals surface area contributed by atoms with Crippen LogP contribution in [-0.2, 0) is 20.8 Å². The number of nitrogens with zero attached hydrogens (tertiary/aromatic N) is 3. The summed E-state index contributed by atoms with van der Waals surface area (Å²) in [5.74, 6) is -0.593. The third-order valence-corrected chi connectivity index (χ3v) is 5.71. The highest BCUT2D eigenvalue weighted by atomic mass is 19.1. The Balaban J connectivity index is 1.55. The Labute approximate surface area is 171 Å². The average molecular weight is 403 g/mol. The molecule has 0 aromatic heterocycles. The molecule has 1 aromatic carbocycles. The van der Waals surface area contributed by atoms with Gasteiger partial charge in [-0.05, 0) is 44.9 Å². The number of rotatable bonds is 3. The van der Waals surface area contributed by atoms with Crippen molar-refractivity contribution >= 4 is 17.7 Å². The quantitative estimate of drug-likeness (QED) is 0.776. The Morgan fingerprint density at radius 2 is 1.66 bits per heavy atom. The molecule has 0 saturated carbocycles. The molecule has 1 atom stereocenters. The Morgan fingerprint density at radius 1 is 1.03 bits per heavy atom. The van der Waals surface area contributed by atoms with E-state index >= 15 is 0 Å². The molecule has 7 heteroatoms. The van der Waals surface area contributed by atoms with Crippen molar-refractivity contribution in [2.24, 2.45) is 5.92 Å². The van der Waals surface area contributed by atoms with Crippen LogP contribution in [0.15, 0.2) is 24.3 Å². The van der Waals surface area contributed by atoms with Gasteiger partial charge in [0.2, 0.25) is 17.7 Å². The van der Waals surface area contributed by atoms with Gasteiger partial charge in [0.05, 0.1) is 12.3 Å². The topological polar surface area (TPSA) is 60.9 Å². The van der Waals surface area contributed by atoms with Gasteiger partial charge in [-0.15, -0.1) is 0 Å². The minimum absolute atomic E-state index is 0.0120. The minimum Gasteiger partial charge on any atom is -0.341 e. The summed E-state index contributed by atoms with van der Waals surface area (Å²) in [7, 11) is 0. The highest BCUT2D eigenvalue weighted by molar-refractivity contribution is 5.89. The molecular weight excluding hydrogens is 373 g/mol. The molecule has 2 fully saturated rings. The van der Waals surface area contributed by atoms with Crippen molar-refractivity contribution in [1.82, 2.24) is 14.7 Å². The third-order valence-electron chi connectivity index (χ3n) is 5.71. The summed E-state index contributed by atoms with van der Waals surface area (Å²) in [5, 5.41) is 0. The average Bonchev–Trinajstić information content (AvgIpc) is 2.89. The van der Waals surface area contributed by atoms with E-state index in [-0.39, 0.29) is 47.8 Å². The van der Waals surface area contributed by atoms with Gasteiger partial charge in [-0.3, -0.25) is 14.4 Å². The molecule has 6 nitrogen and oxygen atoms in total. The van der Waals surface area contributed by atoms with Gasteiger partial charge in [0.15, 0.2) is 0 Å². The lowest BCUT2D eigenvalue weighted by Gasteiger charge is -2.32. The summed E-state index contributed by atoms with van der Waals surface area (Å²) in [6.45, 7) is 8.56. The summed E-state index contributed by atoms with van der Waals surface area (Å²) >= 11 is 0. The Hall–Kier alpha value is -2.44. The van der Waals surface area contributed by atoms with Crippen molar-refractivity contribution in [1.29, 1.82) is 0 Å². The SMILES string of the molecule is CC(C)(C)N1CC(C(=O)N2CCCN(C(=O)Cc3ccc(F)cc3)CC2)CC1=O. The zero-order valence-corrected chi connectivity index (χ0v) is 17.5. The molecular formula is C22H30FN3O3. The molecule has 2 saturated heterocycles. The predicted octanol–water partition coefficient (Wildman–Crippen LogP) is 2.08. The highest BCUT2D eigenvalue weighted by Gasteiger charge is 2.41. The fraction of sp³-hybridized carbons (Fsp3) is 0.591. The molecule has 0 spiro atoms. The van der Waals surface area contributed by atoms with E-state index in [1.807, 2.05) is 20.8 Å². The molecule has 0 bridgehead atoms. The molecule has 0 N–H and O–H groups in total. The van der Waals surface area contributed by atoms with Gasteiger partial charge in [0.25, 0.3) is 0 Å². The number of likely N-dealkylation sites (tertiary alicyclic amines) is 1. The smallest absolute Gasteiger partial charge is 0.228 e. The van der Waals surface area contributed by atoms with E-state index in [0.29, 0.717) is 39.1 Å². The number of amides is 3. The maximum atomic E-state index is 13.0. The Morgan fingerprint density at radius 3 is 2.28 bits per heavy atom. The van der Waals surface area contributed by atoms with Crippen LogP contribution in [0.5, 0.6) is 0 Å². The van der Waals surface area contributed by atoms with E-state index in [9.17, 15) is 18.8 Å². The van der Waals surface area contributed by atoms with Crippen LogP contribution in [0, 0.1) is 11.7 Å². The second-order valence-corrected chi connectivity index (χ2v) is 8.94. The van der Waals surface area contributed by atoms with Crippen LogP contribution in [0.25, 0.3) is 0 Å². The predicted molar refractivity (Wildman–Crippen MR) is 107 cm³/mol. The Kier molecular flexibility index (Phi) is 6.24. The van der Waals surface area contributed by atoms with Gasteiger partial charge in [-0.1, -0.05) is 12.1 Å². The van der Waals surface area contributed by atoms with Gasteiger partial charge in [0, 0.05) is 44.7 Å². The largest absolute Gasteiger partial charge is 0.341 e. The second kappa shape index (κ2) is 8.51. The first-order chi connectivity index (χ1) is 13.6. The lowest BCUT2D eigenvalue weighted by Crippen LogP contribution is -2.44. The number of benzene rings is 1. The summed E-state index contributed by atoms with van der Waals surface area (Å²) in [5.41, 5.74) is 0.495. The zero-order chi connectivity index (χ0) is 21.2. The van der Waals surface area contributed by atoms with Crippen LogP contribution < -0.4 is 0 Å². The van der Waals surface area contributed by atoms with E-state index in [4.69, 9.17) is 0 Å². The fourth-order valence-electron chi connectivity index (χ4n) is 4.06. The second-order valence-electron chi connectivity index (χ2n) is 8.94. The normalized spacial score (nSPS) is 20.8. The van der Waals surface area contributed by atoms with E-state index in [0.717, 1.165) is 5.56 Å². The van der Waals surface area contributed by atoms with E-state index in [1.165, 1.54) is 12.1 Å². The summed E-state index contributed by atoms with van der Waals surface area (Å²) in [6.07, 6.45) is 1.20. The van der Waals surface area contributed by atoms with Gasteiger partial charge < -0.3 is 14.7 Å². The van der Waals surface area contributed by atoms with Gasteiger partial charge in [-0.2, -0.15) is 0 Å². The number of hydrogen-bond acceptors (Lipinski definition) is 3. The molecule has 29 heavy (non-hydrogen) atoms. The maximum absolute atomic E-state index is 13.0. The van der Waals surface area contributed by atoms with Crippen LogP contribution in [0.1, 0.15) is 39.2 Å².